The van der Waals surface area contributed by atoms with Crippen LogP contribution in [0.5, 0.6) is 5.75 Å². The van der Waals surface area contributed by atoms with Crippen LogP contribution in [0.1, 0.15) is 35.4 Å². The molecule has 0 saturated carbocycles. The molecule has 2 aromatic carbocycles. The number of ether oxygens (including phenoxy) is 1. The lowest BCUT2D eigenvalue weighted by Crippen LogP contribution is -2.20. The molecule has 0 amide bonds. The molecule has 1 saturated heterocycles. The van der Waals surface area contributed by atoms with Crippen molar-refractivity contribution >= 4 is 5.69 Å². The van der Waals surface area contributed by atoms with Gasteiger partial charge in [0.1, 0.15) is 5.75 Å². The zero-order valence-corrected chi connectivity index (χ0v) is 15.2. The number of aliphatic hydroxyl groups excluding tert-OH is 1. The summed E-state index contributed by atoms with van der Waals surface area (Å²) in [6.07, 6.45) is -3.14. The van der Waals surface area contributed by atoms with E-state index in [1.165, 1.54) is 6.07 Å². The molecule has 1 N–H and O–H groups in total. The van der Waals surface area contributed by atoms with Gasteiger partial charge in [-0.05, 0) is 42.3 Å². The number of nitriles is 1. The summed E-state index contributed by atoms with van der Waals surface area (Å²) in [5, 5.41) is 17.7. The molecule has 1 atom stereocenters. The summed E-state index contributed by atoms with van der Waals surface area (Å²) in [6.45, 7) is 1.81. The standard InChI is InChI=1S/C21H21F3N2O2/c22-21(23,24)20-12-18(5-2-16(20)13-25)26-9-8-17(14-26)15-3-6-19(7-4-15)28-11-1-10-27/h2-7,12,17,27H,1,8-11,14H2/t17-/m0/s1. The number of hydrogen-bond acceptors (Lipinski definition) is 4. The molecule has 3 rings (SSSR count). The fraction of sp³-hybridized carbons (Fsp3) is 0.381. The molecule has 0 spiro atoms. The summed E-state index contributed by atoms with van der Waals surface area (Å²) in [6, 6.07) is 13.2. The topological polar surface area (TPSA) is 56.5 Å². The van der Waals surface area contributed by atoms with Crippen LogP contribution < -0.4 is 9.64 Å². The summed E-state index contributed by atoms with van der Waals surface area (Å²) >= 11 is 0. The van der Waals surface area contributed by atoms with E-state index in [2.05, 4.69) is 0 Å². The Labute approximate surface area is 161 Å². The number of alkyl halides is 3. The SMILES string of the molecule is N#Cc1ccc(N2CC[C@H](c3ccc(OCCCO)cc3)C2)cc1C(F)(F)F. The van der Waals surface area contributed by atoms with Gasteiger partial charge in [-0.25, -0.2) is 0 Å². The Morgan fingerprint density at radius 2 is 1.93 bits per heavy atom. The molecule has 28 heavy (non-hydrogen) atoms. The van der Waals surface area contributed by atoms with Crippen molar-refractivity contribution in [2.45, 2.75) is 24.9 Å². The monoisotopic (exact) mass is 390 g/mol. The largest absolute Gasteiger partial charge is 0.494 e. The molecule has 0 bridgehead atoms. The van der Waals surface area contributed by atoms with E-state index in [-0.39, 0.29) is 18.1 Å². The van der Waals surface area contributed by atoms with Gasteiger partial charge in [-0.3, -0.25) is 0 Å². The van der Waals surface area contributed by atoms with Crippen LogP contribution in [-0.2, 0) is 6.18 Å². The van der Waals surface area contributed by atoms with Crippen molar-refractivity contribution in [2.75, 3.05) is 31.2 Å². The molecule has 7 heteroatoms. The lowest BCUT2D eigenvalue weighted by atomic mass is 9.98. The molecule has 0 aromatic heterocycles. The minimum absolute atomic E-state index is 0.0847. The predicted molar refractivity (Wildman–Crippen MR) is 99.4 cm³/mol. The summed E-state index contributed by atoms with van der Waals surface area (Å²) in [5.41, 5.74) is 0.351. The van der Waals surface area contributed by atoms with Crippen LogP contribution in [0.2, 0.25) is 0 Å². The zero-order chi connectivity index (χ0) is 20.1. The quantitative estimate of drug-likeness (QED) is 0.746. The first-order valence-corrected chi connectivity index (χ1v) is 9.12. The summed E-state index contributed by atoms with van der Waals surface area (Å²) < 4.78 is 45.1. The molecule has 0 radical (unpaired) electrons. The van der Waals surface area contributed by atoms with Crippen molar-refractivity contribution in [3.05, 3.63) is 59.2 Å². The molecular formula is C21H21F3N2O2. The number of nitrogens with zero attached hydrogens (tertiary/aromatic N) is 2. The van der Waals surface area contributed by atoms with Crippen molar-refractivity contribution in [3.8, 4) is 11.8 Å². The Morgan fingerprint density at radius 3 is 2.57 bits per heavy atom. The fourth-order valence-electron chi connectivity index (χ4n) is 3.42. The summed E-state index contributed by atoms with van der Waals surface area (Å²) in [7, 11) is 0. The molecule has 1 aliphatic rings. The van der Waals surface area contributed by atoms with E-state index in [0.29, 0.717) is 31.8 Å². The van der Waals surface area contributed by atoms with Crippen molar-refractivity contribution in [3.63, 3.8) is 0 Å². The molecule has 0 aliphatic carbocycles. The number of aliphatic hydroxyl groups is 1. The average Bonchev–Trinajstić information content (AvgIpc) is 3.18. The highest BCUT2D eigenvalue weighted by Crippen LogP contribution is 2.37. The molecular weight excluding hydrogens is 369 g/mol. The number of rotatable bonds is 6. The second kappa shape index (κ2) is 8.53. The second-order valence-corrected chi connectivity index (χ2v) is 6.77. The van der Waals surface area contributed by atoms with Gasteiger partial charge in [-0.1, -0.05) is 12.1 Å². The highest BCUT2D eigenvalue weighted by Gasteiger charge is 2.35. The van der Waals surface area contributed by atoms with E-state index in [1.807, 2.05) is 29.2 Å². The number of anilines is 1. The van der Waals surface area contributed by atoms with E-state index in [9.17, 15) is 13.2 Å². The normalized spacial score (nSPS) is 16.8. The Kier molecular flexibility index (Phi) is 6.10. The molecule has 4 nitrogen and oxygen atoms in total. The van der Waals surface area contributed by atoms with Crippen molar-refractivity contribution in [2.24, 2.45) is 0 Å². The molecule has 0 unspecified atom stereocenters. The van der Waals surface area contributed by atoms with Crippen molar-refractivity contribution < 1.29 is 23.0 Å². The van der Waals surface area contributed by atoms with Gasteiger partial charge in [0, 0.05) is 37.7 Å². The first-order valence-electron chi connectivity index (χ1n) is 9.12. The Bertz CT molecular complexity index is 844. The Hall–Kier alpha value is -2.72. The maximum absolute atomic E-state index is 13.2. The number of benzene rings is 2. The van der Waals surface area contributed by atoms with Crippen molar-refractivity contribution in [1.82, 2.24) is 0 Å². The van der Waals surface area contributed by atoms with Gasteiger partial charge in [-0.15, -0.1) is 0 Å². The van der Waals surface area contributed by atoms with E-state index >= 15 is 0 Å². The smallest absolute Gasteiger partial charge is 0.417 e. The van der Waals surface area contributed by atoms with Gasteiger partial charge < -0.3 is 14.7 Å². The van der Waals surface area contributed by atoms with Gasteiger partial charge in [0.2, 0.25) is 0 Å². The van der Waals surface area contributed by atoms with Gasteiger partial charge in [0.25, 0.3) is 0 Å². The summed E-state index contributed by atoms with van der Waals surface area (Å²) in [5.74, 6) is 0.949. The molecule has 1 fully saturated rings. The first kappa shape index (κ1) is 20.0. The molecule has 2 aromatic rings. The third-order valence-electron chi connectivity index (χ3n) is 4.91. The minimum atomic E-state index is -4.55. The second-order valence-electron chi connectivity index (χ2n) is 6.77. The fourth-order valence-corrected chi connectivity index (χ4v) is 3.42. The highest BCUT2D eigenvalue weighted by molar-refractivity contribution is 5.56. The Morgan fingerprint density at radius 1 is 1.18 bits per heavy atom. The number of hydrogen-bond donors (Lipinski definition) is 1. The van der Waals surface area contributed by atoms with E-state index < -0.39 is 11.7 Å². The first-order chi connectivity index (χ1) is 13.4. The van der Waals surface area contributed by atoms with Crippen molar-refractivity contribution in [1.29, 1.82) is 5.26 Å². The van der Waals surface area contributed by atoms with Gasteiger partial charge in [-0.2, -0.15) is 18.4 Å². The van der Waals surface area contributed by atoms with E-state index in [1.54, 1.807) is 12.1 Å². The maximum atomic E-state index is 13.2. The van der Waals surface area contributed by atoms with Crippen LogP contribution in [0.25, 0.3) is 0 Å². The van der Waals surface area contributed by atoms with Crippen LogP contribution in [0, 0.1) is 11.3 Å². The molecule has 148 valence electrons. The van der Waals surface area contributed by atoms with Crippen LogP contribution in [0.15, 0.2) is 42.5 Å². The number of halogens is 3. The lowest BCUT2D eigenvalue weighted by Gasteiger charge is -2.21. The third-order valence-corrected chi connectivity index (χ3v) is 4.91. The Balaban J connectivity index is 1.69. The average molecular weight is 390 g/mol. The molecule has 1 heterocycles. The van der Waals surface area contributed by atoms with Gasteiger partial charge in [0.05, 0.1) is 23.8 Å². The third kappa shape index (κ3) is 4.57. The van der Waals surface area contributed by atoms with E-state index in [0.717, 1.165) is 23.8 Å². The van der Waals surface area contributed by atoms with E-state index in [4.69, 9.17) is 15.1 Å². The molecule has 1 aliphatic heterocycles. The highest BCUT2D eigenvalue weighted by atomic mass is 19.4. The minimum Gasteiger partial charge on any atom is -0.494 e. The maximum Gasteiger partial charge on any atom is 0.417 e. The van der Waals surface area contributed by atoms with Crippen LogP contribution in [-0.4, -0.2) is 31.4 Å². The van der Waals surface area contributed by atoms with Gasteiger partial charge in [0.15, 0.2) is 0 Å². The van der Waals surface area contributed by atoms with Crippen LogP contribution in [0.4, 0.5) is 18.9 Å². The van der Waals surface area contributed by atoms with Crippen LogP contribution in [0.3, 0.4) is 0 Å². The lowest BCUT2D eigenvalue weighted by molar-refractivity contribution is -0.137. The van der Waals surface area contributed by atoms with Gasteiger partial charge >= 0.3 is 6.18 Å². The van der Waals surface area contributed by atoms with Crippen LogP contribution >= 0.6 is 0 Å². The zero-order valence-electron chi connectivity index (χ0n) is 15.2. The summed E-state index contributed by atoms with van der Waals surface area (Å²) in [4.78, 5) is 1.92. The predicted octanol–water partition coefficient (Wildman–Crippen LogP) is 4.33.